The van der Waals surface area contributed by atoms with E-state index in [0.717, 1.165) is 25.7 Å². The number of carbonyl (C=O) groups is 1. The summed E-state index contributed by atoms with van der Waals surface area (Å²) in [6.45, 7) is 0.681. The van der Waals surface area contributed by atoms with Gasteiger partial charge >= 0.3 is 0 Å². The topological polar surface area (TPSA) is 55.1 Å². The second-order valence-corrected chi connectivity index (χ2v) is 5.35. The first kappa shape index (κ1) is 14.0. The van der Waals surface area contributed by atoms with Crippen LogP contribution in [0.2, 0.25) is 0 Å². The minimum atomic E-state index is -0.318. The first-order valence-corrected chi connectivity index (χ1v) is 6.91. The molecule has 0 radical (unpaired) electrons. The van der Waals surface area contributed by atoms with E-state index in [2.05, 4.69) is 5.32 Å². The maximum atomic E-state index is 13.4. The van der Waals surface area contributed by atoms with Crippen molar-refractivity contribution in [1.82, 2.24) is 5.32 Å². The molecule has 19 heavy (non-hydrogen) atoms. The van der Waals surface area contributed by atoms with Crippen LogP contribution in [-0.2, 0) is 11.2 Å². The van der Waals surface area contributed by atoms with Gasteiger partial charge in [-0.1, -0.05) is 18.2 Å². The van der Waals surface area contributed by atoms with Gasteiger partial charge in [0.1, 0.15) is 5.82 Å². The van der Waals surface area contributed by atoms with Gasteiger partial charge < -0.3 is 11.1 Å². The number of hydrogen-bond acceptors (Lipinski definition) is 2. The van der Waals surface area contributed by atoms with Crippen molar-refractivity contribution in [1.29, 1.82) is 0 Å². The number of carbonyl (C=O) groups excluding carboxylic acids is 1. The third kappa shape index (κ3) is 4.31. The minimum absolute atomic E-state index is 0.110. The molecule has 4 heteroatoms. The molecule has 1 amide bonds. The first-order chi connectivity index (χ1) is 9.15. The van der Waals surface area contributed by atoms with Crippen molar-refractivity contribution in [3.63, 3.8) is 0 Å². The van der Waals surface area contributed by atoms with Crippen LogP contribution in [0.15, 0.2) is 24.3 Å². The highest BCUT2D eigenvalue weighted by molar-refractivity contribution is 5.78. The fraction of sp³-hybridized carbons (Fsp3) is 0.533. The molecule has 1 aliphatic rings. The van der Waals surface area contributed by atoms with Crippen molar-refractivity contribution in [2.24, 2.45) is 11.7 Å². The quantitative estimate of drug-likeness (QED) is 0.874. The summed E-state index contributed by atoms with van der Waals surface area (Å²) in [4.78, 5) is 11.8. The Morgan fingerprint density at radius 1 is 1.26 bits per heavy atom. The summed E-state index contributed by atoms with van der Waals surface area (Å²) in [7, 11) is 0. The summed E-state index contributed by atoms with van der Waals surface area (Å²) in [5, 5.41) is 2.90. The van der Waals surface area contributed by atoms with Crippen LogP contribution in [0.1, 0.15) is 31.2 Å². The summed E-state index contributed by atoms with van der Waals surface area (Å²) in [6.07, 6.45) is 4.32. The standard InChI is InChI=1S/C15H21FN2O/c16-14-4-2-1-3-12(14)9-15(19)18-10-11-5-7-13(17)8-6-11/h1-4,11,13H,5-10,17H2,(H,18,19). The third-order valence-electron chi connectivity index (χ3n) is 3.79. The monoisotopic (exact) mass is 264 g/mol. The molecule has 3 nitrogen and oxygen atoms in total. The van der Waals surface area contributed by atoms with E-state index in [1.54, 1.807) is 18.2 Å². The molecule has 0 saturated heterocycles. The highest BCUT2D eigenvalue weighted by atomic mass is 19.1. The second kappa shape index (κ2) is 6.66. The predicted molar refractivity (Wildman–Crippen MR) is 73.0 cm³/mol. The second-order valence-electron chi connectivity index (χ2n) is 5.35. The van der Waals surface area contributed by atoms with Crippen LogP contribution < -0.4 is 11.1 Å². The fourth-order valence-electron chi connectivity index (χ4n) is 2.53. The summed E-state index contributed by atoms with van der Waals surface area (Å²) in [5.74, 6) is 0.0885. The SMILES string of the molecule is NC1CCC(CNC(=O)Cc2ccccc2F)CC1. The van der Waals surface area contributed by atoms with Gasteiger partial charge in [0.25, 0.3) is 0 Å². The van der Waals surface area contributed by atoms with E-state index in [4.69, 9.17) is 5.73 Å². The molecule has 104 valence electrons. The lowest BCUT2D eigenvalue weighted by atomic mass is 9.86. The summed E-state index contributed by atoms with van der Waals surface area (Å²) < 4.78 is 13.4. The first-order valence-electron chi connectivity index (χ1n) is 6.91. The molecule has 0 bridgehead atoms. The van der Waals surface area contributed by atoms with Crippen molar-refractivity contribution in [2.75, 3.05) is 6.54 Å². The van der Waals surface area contributed by atoms with E-state index in [-0.39, 0.29) is 18.1 Å². The zero-order valence-electron chi connectivity index (χ0n) is 11.1. The Morgan fingerprint density at radius 3 is 2.63 bits per heavy atom. The average Bonchev–Trinajstić information content (AvgIpc) is 2.41. The number of amides is 1. The van der Waals surface area contributed by atoms with E-state index < -0.39 is 0 Å². The van der Waals surface area contributed by atoms with Crippen LogP contribution in [0.3, 0.4) is 0 Å². The van der Waals surface area contributed by atoms with E-state index in [1.165, 1.54) is 6.07 Å². The van der Waals surface area contributed by atoms with Gasteiger partial charge in [0.2, 0.25) is 5.91 Å². The van der Waals surface area contributed by atoms with Crippen molar-refractivity contribution >= 4 is 5.91 Å². The largest absolute Gasteiger partial charge is 0.356 e. The van der Waals surface area contributed by atoms with Crippen LogP contribution in [0, 0.1) is 11.7 Å². The Hall–Kier alpha value is -1.42. The fourth-order valence-corrected chi connectivity index (χ4v) is 2.53. The molecule has 3 N–H and O–H groups in total. The van der Waals surface area contributed by atoms with Gasteiger partial charge in [0.15, 0.2) is 0 Å². The summed E-state index contributed by atoms with van der Waals surface area (Å²) in [6, 6.07) is 6.72. The normalized spacial score (nSPS) is 23.1. The minimum Gasteiger partial charge on any atom is -0.356 e. The maximum Gasteiger partial charge on any atom is 0.224 e. The summed E-state index contributed by atoms with van der Waals surface area (Å²) in [5.41, 5.74) is 6.29. The van der Waals surface area contributed by atoms with Gasteiger partial charge in [-0.25, -0.2) is 4.39 Å². The molecule has 0 atom stereocenters. The van der Waals surface area contributed by atoms with Crippen molar-refractivity contribution in [2.45, 2.75) is 38.1 Å². The van der Waals surface area contributed by atoms with Gasteiger partial charge in [0, 0.05) is 12.6 Å². The van der Waals surface area contributed by atoms with Gasteiger partial charge in [-0.3, -0.25) is 4.79 Å². The van der Waals surface area contributed by atoms with Crippen molar-refractivity contribution in [3.8, 4) is 0 Å². The van der Waals surface area contributed by atoms with E-state index in [1.807, 2.05) is 0 Å². The number of benzene rings is 1. The van der Waals surface area contributed by atoms with Crippen LogP contribution in [-0.4, -0.2) is 18.5 Å². The van der Waals surface area contributed by atoms with E-state index in [9.17, 15) is 9.18 Å². The molecular weight excluding hydrogens is 243 g/mol. The Labute approximate surface area is 113 Å². The third-order valence-corrected chi connectivity index (χ3v) is 3.79. The lowest BCUT2D eigenvalue weighted by Crippen LogP contribution is -2.34. The van der Waals surface area contributed by atoms with Crippen molar-refractivity contribution < 1.29 is 9.18 Å². The molecule has 0 aromatic heterocycles. The van der Waals surface area contributed by atoms with E-state index in [0.29, 0.717) is 24.1 Å². The highest BCUT2D eigenvalue weighted by Gasteiger charge is 2.19. The number of nitrogens with one attached hydrogen (secondary N) is 1. The van der Waals surface area contributed by atoms with Gasteiger partial charge in [-0.2, -0.15) is 0 Å². The van der Waals surface area contributed by atoms with Crippen LogP contribution in [0.25, 0.3) is 0 Å². The molecular formula is C15H21FN2O. The van der Waals surface area contributed by atoms with Crippen molar-refractivity contribution in [3.05, 3.63) is 35.6 Å². The molecule has 0 spiro atoms. The summed E-state index contributed by atoms with van der Waals surface area (Å²) >= 11 is 0. The Morgan fingerprint density at radius 2 is 1.95 bits per heavy atom. The molecule has 0 aliphatic heterocycles. The maximum absolute atomic E-state index is 13.4. The number of hydrogen-bond donors (Lipinski definition) is 2. The molecule has 1 aliphatic carbocycles. The van der Waals surface area contributed by atoms with Gasteiger partial charge in [-0.05, 0) is 43.2 Å². The lowest BCUT2D eigenvalue weighted by molar-refractivity contribution is -0.120. The number of halogens is 1. The lowest BCUT2D eigenvalue weighted by Gasteiger charge is -2.26. The number of rotatable bonds is 4. The molecule has 1 saturated carbocycles. The molecule has 1 aromatic rings. The zero-order chi connectivity index (χ0) is 13.7. The van der Waals surface area contributed by atoms with Crippen LogP contribution in [0.5, 0.6) is 0 Å². The van der Waals surface area contributed by atoms with E-state index >= 15 is 0 Å². The molecule has 1 aromatic carbocycles. The molecule has 0 unspecified atom stereocenters. The van der Waals surface area contributed by atoms with Gasteiger partial charge in [-0.15, -0.1) is 0 Å². The Bertz CT molecular complexity index is 428. The highest BCUT2D eigenvalue weighted by Crippen LogP contribution is 2.22. The van der Waals surface area contributed by atoms with Crippen LogP contribution in [0.4, 0.5) is 4.39 Å². The molecule has 1 fully saturated rings. The molecule has 2 rings (SSSR count). The smallest absolute Gasteiger partial charge is 0.224 e. The molecule has 0 heterocycles. The van der Waals surface area contributed by atoms with Gasteiger partial charge in [0.05, 0.1) is 6.42 Å². The predicted octanol–water partition coefficient (Wildman–Crippen LogP) is 2.00. The number of nitrogens with two attached hydrogens (primary N) is 1. The zero-order valence-corrected chi connectivity index (χ0v) is 11.1. The Balaban J connectivity index is 1.74. The average molecular weight is 264 g/mol. The Kier molecular flexibility index (Phi) is 4.91. The van der Waals surface area contributed by atoms with Crippen LogP contribution >= 0.6 is 0 Å².